The minimum Gasteiger partial charge on any atom is -0.493 e. The lowest BCUT2D eigenvalue weighted by molar-refractivity contribution is 0.0954. The van der Waals surface area contributed by atoms with Crippen LogP contribution in [0.1, 0.15) is 35.6 Å². The molecule has 2 aliphatic rings. The van der Waals surface area contributed by atoms with E-state index in [1.165, 1.54) is 14.2 Å². The fourth-order valence-corrected chi connectivity index (χ4v) is 4.36. The number of nitrogens with zero attached hydrogens (tertiary/aromatic N) is 2. The number of rotatable bonds is 5. The van der Waals surface area contributed by atoms with Gasteiger partial charge in [-0.15, -0.1) is 0 Å². The maximum atomic E-state index is 13.7. The second-order valence-corrected chi connectivity index (χ2v) is 7.62. The molecule has 4 rings (SSSR count). The van der Waals surface area contributed by atoms with Gasteiger partial charge in [-0.25, -0.2) is 0 Å². The molecule has 2 aromatic rings. The van der Waals surface area contributed by atoms with Crippen LogP contribution >= 0.6 is 0 Å². The Kier molecular flexibility index (Phi) is 5.61. The van der Waals surface area contributed by atoms with E-state index < -0.39 is 5.92 Å². The standard InChI is InChI=1S/C23H25N3O5/c1-13-10-18-20(23(27)26(13)12-14-6-5-9-30-14)19(16(11-24)22(25)31-18)15-7-4-8-17(28-2)21(15)29-3/h4,7-8,10,14,19H,5-6,9,12,25H2,1-3H3/t14-,19-/m0/s1. The molecule has 2 N–H and O–H groups in total. The Bertz CT molecular complexity index is 1140. The molecule has 0 saturated carbocycles. The lowest BCUT2D eigenvalue weighted by Crippen LogP contribution is -2.35. The number of hydrogen-bond acceptors (Lipinski definition) is 7. The number of para-hydroxylation sites is 1. The van der Waals surface area contributed by atoms with Crippen molar-refractivity contribution in [2.24, 2.45) is 5.73 Å². The zero-order chi connectivity index (χ0) is 22.1. The average Bonchev–Trinajstić information content (AvgIpc) is 3.28. The van der Waals surface area contributed by atoms with E-state index in [9.17, 15) is 10.1 Å². The Labute approximate surface area is 180 Å². The number of pyridine rings is 1. The van der Waals surface area contributed by atoms with Gasteiger partial charge in [-0.1, -0.05) is 12.1 Å². The molecule has 3 heterocycles. The normalized spacial score (nSPS) is 20.1. The third kappa shape index (κ3) is 3.51. The maximum Gasteiger partial charge on any atom is 0.258 e. The number of fused-ring (bicyclic) bond motifs is 1. The molecule has 2 aliphatic heterocycles. The van der Waals surface area contributed by atoms with Gasteiger partial charge in [0.05, 0.1) is 38.3 Å². The number of methoxy groups -OCH3 is 2. The number of aromatic nitrogens is 1. The average molecular weight is 423 g/mol. The van der Waals surface area contributed by atoms with Crippen molar-refractivity contribution in [3.8, 4) is 23.3 Å². The molecule has 162 valence electrons. The zero-order valence-corrected chi connectivity index (χ0v) is 17.8. The summed E-state index contributed by atoms with van der Waals surface area (Å²) in [4.78, 5) is 13.7. The van der Waals surface area contributed by atoms with E-state index in [1.807, 2.05) is 6.92 Å². The van der Waals surface area contributed by atoms with Gasteiger partial charge >= 0.3 is 0 Å². The summed E-state index contributed by atoms with van der Waals surface area (Å²) >= 11 is 0. The number of aryl methyl sites for hydroxylation is 1. The van der Waals surface area contributed by atoms with Gasteiger partial charge in [-0.3, -0.25) is 4.79 Å². The molecular formula is C23H25N3O5. The van der Waals surface area contributed by atoms with Crippen LogP contribution in [0.5, 0.6) is 17.2 Å². The molecule has 31 heavy (non-hydrogen) atoms. The zero-order valence-electron chi connectivity index (χ0n) is 17.8. The molecule has 1 fully saturated rings. The molecule has 0 amide bonds. The van der Waals surface area contributed by atoms with Crippen molar-refractivity contribution in [1.29, 1.82) is 5.26 Å². The van der Waals surface area contributed by atoms with E-state index in [1.54, 1.807) is 28.8 Å². The Morgan fingerprint density at radius 2 is 2.13 bits per heavy atom. The Morgan fingerprint density at radius 1 is 1.32 bits per heavy atom. The smallest absolute Gasteiger partial charge is 0.258 e. The van der Waals surface area contributed by atoms with Crippen molar-refractivity contribution in [3.05, 3.63) is 62.9 Å². The molecule has 0 radical (unpaired) electrons. The third-order valence-corrected chi connectivity index (χ3v) is 5.84. The largest absolute Gasteiger partial charge is 0.493 e. The predicted molar refractivity (Wildman–Crippen MR) is 113 cm³/mol. The van der Waals surface area contributed by atoms with E-state index >= 15 is 0 Å². The Hall–Kier alpha value is -3.44. The van der Waals surface area contributed by atoms with Crippen LogP contribution in [-0.2, 0) is 11.3 Å². The molecule has 2 atom stereocenters. The summed E-state index contributed by atoms with van der Waals surface area (Å²) in [5.74, 6) is 0.505. The van der Waals surface area contributed by atoms with Crippen LogP contribution in [0.3, 0.4) is 0 Å². The van der Waals surface area contributed by atoms with Gasteiger partial charge in [0.25, 0.3) is 5.56 Å². The first kappa shape index (κ1) is 20.8. The molecule has 0 spiro atoms. The van der Waals surface area contributed by atoms with E-state index in [0.717, 1.165) is 18.5 Å². The van der Waals surface area contributed by atoms with Crippen LogP contribution in [0.4, 0.5) is 0 Å². The highest BCUT2D eigenvalue weighted by molar-refractivity contribution is 5.60. The molecule has 8 nitrogen and oxygen atoms in total. The fraction of sp³-hybridized carbons (Fsp3) is 0.391. The summed E-state index contributed by atoms with van der Waals surface area (Å²) in [6.45, 7) is 3.00. The molecular weight excluding hydrogens is 398 g/mol. The second kappa shape index (κ2) is 8.36. The predicted octanol–water partition coefficient (Wildman–Crippen LogP) is 2.57. The fourth-order valence-electron chi connectivity index (χ4n) is 4.36. The van der Waals surface area contributed by atoms with E-state index in [0.29, 0.717) is 41.5 Å². The topological polar surface area (TPSA) is 109 Å². The van der Waals surface area contributed by atoms with Crippen LogP contribution in [-0.4, -0.2) is 31.5 Å². The van der Waals surface area contributed by atoms with Gasteiger partial charge in [-0.05, 0) is 25.8 Å². The number of allylic oxidation sites excluding steroid dienone is 1. The lowest BCUT2D eigenvalue weighted by atomic mass is 9.83. The van der Waals surface area contributed by atoms with Gasteiger partial charge < -0.3 is 29.2 Å². The molecule has 1 aromatic heterocycles. The summed E-state index contributed by atoms with van der Waals surface area (Å²) in [7, 11) is 3.05. The Morgan fingerprint density at radius 3 is 2.77 bits per heavy atom. The van der Waals surface area contributed by atoms with E-state index in [2.05, 4.69) is 6.07 Å². The van der Waals surface area contributed by atoms with Crippen LogP contribution in [0.15, 0.2) is 40.5 Å². The first-order valence-electron chi connectivity index (χ1n) is 10.1. The van der Waals surface area contributed by atoms with Crippen molar-refractivity contribution in [1.82, 2.24) is 4.57 Å². The third-order valence-electron chi connectivity index (χ3n) is 5.84. The van der Waals surface area contributed by atoms with Crippen molar-refractivity contribution in [2.75, 3.05) is 20.8 Å². The van der Waals surface area contributed by atoms with Crippen molar-refractivity contribution < 1.29 is 18.9 Å². The second-order valence-electron chi connectivity index (χ2n) is 7.62. The van der Waals surface area contributed by atoms with Gasteiger partial charge in [0.2, 0.25) is 5.88 Å². The summed E-state index contributed by atoms with van der Waals surface area (Å²) in [6, 6.07) is 9.26. The summed E-state index contributed by atoms with van der Waals surface area (Å²) in [5, 5.41) is 9.88. The first-order valence-corrected chi connectivity index (χ1v) is 10.1. The SMILES string of the molecule is COc1cccc([C@H]2C(C#N)=C(N)Oc3cc(C)n(C[C@@H]4CCCO4)c(=O)c32)c1OC. The Balaban J connectivity index is 1.95. The van der Waals surface area contributed by atoms with Crippen molar-refractivity contribution in [2.45, 2.75) is 38.3 Å². The minimum absolute atomic E-state index is 0.0141. The monoisotopic (exact) mass is 423 g/mol. The van der Waals surface area contributed by atoms with Crippen LogP contribution in [0, 0.1) is 18.3 Å². The van der Waals surface area contributed by atoms with Gasteiger partial charge in [0, 0.05) is 23.9 Å². The molecule has 0 aliphatic carbocycles. The maximum absolute atomic E-state index is 13.7. The quantitative estimate of drug-likeness (QED) is 0.787. The summed E-state index contributed by atoms with van der Waals surface area (Å²) < 4.78 is 24.2. The molecule has 8 heteroatoms. The van der Waals surface area contributed by atoms with Crippen molar-refractivity contribution >= 4 is 0 Å². The lowest BCUT2D eigenvalue weighted by Gasteiger charge is -2.29. The van der Waals surface area contributed by atoms with Gasteiger partial charge in [0.1, 0.15) is 17.4 Å². The molecule has 0 unspecified atom stereocenters. The van der Waals surface area contributed by atoms with Gasteiger partial charge in [-0.2, -0.15) is 5.26 Å². The number of nitriles is 1. The highest BCUT2D eigenvalue weighted by atomic mass is 16.5. The highest BCUT2D eigenvalue weighted by Crippen LogP contribution is 2.46. The van der Waals surface area contributed by atoms with E-state index in [4.69, 9.17) is 24.7 Å². The first-order chi connectivity index (χ1) is 15.0. The van der Waals surface area contributed by atoms with Crippen LogP contribution in [0.25, 0.3) is 0 Å². The van der Waals surface area contributed by atoms with Gasteiger partial charge in [0.15, 0.2) is 11.5 Å². The number of benzene rings is 1. The number of nitrogens with two attached hydrogens (primary N) is 1. The minimum atomic E-state index is -0.748. The summed E-state index contributed by atoms with van der Waals surface area (Å²) in [5.41, 5.74) is 7.71. The number of hydrogen-bond donors (Lipinski definition) is 1. The summed E-state index contributed by atoms with van der Waals surface area (Å²) in [6.07, 6.45) is 1.87. The van der Waals surface area contributed by atoms with Crippen LogP contribution in [0.2, 0.25) is 0 Å². The van der Waals surface area contributed by atoms with E-state index in [-0.39, 0.29) is 23.1 Å². The highest BCUT2D eigenvalue weighted by Gasteiger charge is 2.37. The number of ether oxygens (including phenoxy) is 4. The van der Waals surface area contributed by atoms with Crippen LogP contribution < -0.4 is 25.5 Å². The molecule has 1 saturated heterocycles. The molecule has 0 bridgehead atoms. The molecule has 1 aromatic carbocycles. The van der Waals surface area contributed by atoms with Crippen molar-refractivity contribution in [3.63, 3.8) is 0 Å².